The molecule has 24 heteroatoms. The fraction of sp³-hybridized carbons (Fsp3) is 0.878. The van der Waals surface area contributed by atoms with Crippen LogP contribution in [0.25, 0.3) is 0 Å². The second-order valence-electron chi connectivity index (χ2n) is 19.6. The SMILES string of the molecule is CCCCCCCC/C=C\CCCCCCCC(=O)N[C@H]1[C@H](O[C@H]2C(O)[C@@H](NC(C)=O)[C@H](O[C@H]3[C@H](O)[C@@H](NC(C)=O)[C@H](O[C@H]4C(O)[C@@H](NC(C)=O)[C@H](C)O[C@@H]4CO)O[C@@H]3CO)O[C@@H]2CO)O[C@H](CO)[C@@H](O)[C@@H]1O. The van der Waals surface area contributed by atoms with Gasteiger partial charge in [-0.15, -0.1) is 0 Å². The molecule has 2 unspecified atom stereocenters. The lowest BCUT2D eigenvalue weighted by molar-refractivity contribution is -0.359. The van der Waals surface area contributed by atoms with Crippen LogP contribution in [0.15, 0.2) is 12.2 Å². The molecule has 0 radical (unpaired) electrons. The van der Waals surface area contributed by atoms with Crippen LogP contribution in [0.4, 0.5) is 0 Å². The van der Waals surface area contributed by atoms with Gasteiger partial charge in [-0.25, -0.2) is 0 Å². The fourth-order valence-corrected chi connectivity index (χ4v) is 9.80. The third-order valence-corrected chi connectivity index (χ3v) is 13.7. The minimum Gasteiger partial charge on any atom is -0.394 e. The van der Waals surface area contributed by atoms with Crippen LogP contribution in [-0.4, -0.2) is 218 Å². The van der Waals surface area contributed by atoms with Crippen LogP contribution >= 0.6 is 0 Å². The normalized spacial score (nSPS) is 36.9. The third kappa shape index (κ3) is 18.3. The largest absolute Gasteiger partial charge is 0.394 e. The van der Waals surface area contributed by atoms with Crippen LogP contribution in [0.1, 0.15) is 125 Å². The standard InChI is InChI=1S/C49H86N4O20/c1-6-7-8-9-10-11-12-13-14-15-16-17-18-19-20-21-34(61)53-36-40(63)39(62)30(22-54)68-47(36)72-45-32(24-56)70-49(38(42(45)65)52-29(5)60)73-46-33(25-57)69-48(37(43(46)66)51-28(4)59)71-44-31(23-55)67-26(2)35(41(44)64)50-27(3)58/h13-14,26,30-33,35-49,54-57,62-66H,6-12,15-25H2,1-5H3,(H,50,58)(H,51,59)(H,52,60)(H,53,61)/b14-13-/t26-,30+,31+,32+,33+,35-,36+,37+,38+,39+,40+,41?,42?,43+,44+,45+,46+,47-,48-,49-/m0/s1. The van der Waals surface area contributed by atoms with Crippen LogP contribution < -0.4 is 21.3 Å². The summed E-state index contributed by atoms with van der Waals surface area (Å²) in [7, 11) is 0. The Morgan fingerprint density at radius 3 is 1.23 bits per heavy atom. The van der Waals surface area contributed by atoms with Gasteiger partial charge < -0.3 is 100 Å². The summed E-state index contributed by atoms with van der Waals surface area (Å²) in [4.78, 5) is 50.5. The van der Waals surface area contributed by atoms with Crippen LogP contribution in [0.2, 0.25) is 0 Å². The van der Waals surface area contributed by atoms with Crippen LogP contribution in [-0.2, 0) is 52.3 Å². The van der Waals surface area contributed by atoms with Crippen molar-refractivity contribution in [1.82, 2.24) is 21.3 Å². The molecule has 24 nitrogen and oxygen atoms in total. The lowest BCUT2D eigenvalue weighted by atomic mass is 9.92. The molecular formula is C49H86N4O20. The van der Waals surface area contributed by atoms with E-state index in [1.807, 2.05) is 0 Å². The lowest BCUT2D eigenvalue weighted by Crippen LogP contribution is -2.71. The highest BCUT2D eigenvalue weighted by Gasteiger charge is 2.56. The van der Waals surface area contributed by atoms with Gasteiger partial charge in [0.1, 0.15) is 91.4 Å². The van der Waals surface area contributed by atoms with Gasteiger partial charge in [-0.2, -0.15) is 0 Å². The molecule has 0 aromatic heterocycles. The molecule has 4 aliphatic rings. The monoisotopic (exact) mass is 1050 g/mol. The van der Waals surface area contributed by atoms with Crippen molar-refractivity contribution in [3.63, 3.8) is 0 Å². The first kappa shape index (κ1) is 62.5. The summed E-state index contributed by atoms with van der Waals surface area (Å²) < 4.78 is 42.1. The summed E-state index contributed by atoms with van der Waals surface area (Å²) in [6.07, 6.45) is -6.54. The summed E-state index contributed by atoms with van der Waals surface area (Å²) in [5.74, 6) is -2.43. The fourth-order valence-electron chi connectivity index (χ4n) is 9.80. The van der Waals surface area contributed by atoms with Crippen molar-refractivity contribution < 1.29 is 98.3 Å². The van der Waals surface area contributed by atoms with Crippen molar-refractivity contribution in [2.24, 2.45) is 0 Å². The van der Waals surface area contributed by atoms with E-state index >= 15 is 0 Å². The highest BCUT2D eigenvalue weighted by Crippen LogP contribution is 2.35. The maximum absolute atomic E-state index is 13.3. The number of carbonyl (C=O) groups excluding carboxylic acids is 4. The average Bonchev–Trinajstić information content (AvgIpc) is 3.35. The Morgan fingerprint density at radius 1 is 0.452 bits per heavy atom. The molecule has 4 rings (SSSR count). The molecule has 0 bridgehead atoms. The molecule has 0 aromatic carbocycles. The van der Waals surface area contributed by atoms with Gasteiger partial charge >= 0.3 is 0 Å². The number of nitrogens with one attached hydrogen (secondary N) is 4. The van der Waals surface area contributed by atoms with Gasteiger partial charge in [-0.3, -0.25) is 19.2 Å². The zero-order valence-corrected chi connectivity index (χ0v) is 42.9. The molecule has 4 heterocycles. The molecule has 13 N–H and O–H groups in total. The Balaban J connectivity index is 1.44. The Kier molecular flexibility index (Phi) is 27.3. The van der Waals surface area contributed by atoms with Crippen molar-refractivity contribution in [2.45, 2.75) is 247 Å². The van der Waals surface area contributed by atoms with Crippen molar-refractivity contribution in [1.29, 1.82) is 0 Å². The van der Waals surface area contributed by atoms with E-state index in [0.717, 1.165) is 52.4 Å². The van der Waals surface area contributed by atoms with Gasteiger partial charge in [0, 0.05) is 27.2 Å². The number of hydrogen-bond donors (Lipinski definition) is 13. The number of unbranched alkanes of at least 4 members (excludes halogenated alkanes) is 11. The van der Waals surface area contributed by atoms with Gasteiger partial charge in [0.15, 0.2) is 18.9 Å². The third-order valence-electron chi connectivity index (χ3n) is 13.7. The van der Waals surface area contributed by atoms with Gasteiger partial charge in [-0.05, 0) is 39.0 Å². The summed E-state index contributed by atoms with van der Waals surface area (Å²) in [5.41, 5.74) is 0. The highest BCUT2D eigenvalue weighted by molar-refractivity contribution is 5.76. The van der Waals surface area contributed by atoms with Crippen molar-refractivity contribution in [3.8, 4) is 0 Å². The number of rotatable bonds is 29. The van der Waals surface area contributed by atoms with E-state index in [1.165, 1.54) is 45.4 Å². The topological polar surface area (TPSA) is 363 Å². The molecule has 0 aromatic rings. The maximum Gasteiger partial charge on any atom is 0.220 e. The number of aliphatic hydroxyl groups is 9. The summed E-state index contributed by atoms with van der Waals surface area (Å²) in [6, 6.07) is -5.63. The van der Waals surface area contributed by atoms with Crippen LogP contribution in [0.5, 0.6) is 0 Å². The molecule has 4 aliphatic heterocycles. The lowest BCUT2D eigenvalue weighted by Gasteiger charge is -2.51. The van der Waals surface area contributed by atoms with Gasteiger partial charge in [0.25, 0.3) is 0 Å². The first-order valence-electron chi connectivity index (χ1n) is 26.1. The van der Waals surface area contributed by atoms with Gasteiger partial charge in [0.2, 0.25) is 23.6 Å². The number of carbonyl (C=O) groups is 4. The highest BCUT2D eigenvalue weighted by atomic mass is 16.8. The molecule has 0 spiro atoms. The van der Waals surface area contributed by atoms with E-state index in [0.29, 0.717) is 6.42 Å². The van der Waals surface area contributed by atoms with E-state index in [-0.39, 0.29) is 6.42 Å². The summed E-state index contributed by atoms with van der Waals surface area (Å²) in [5, 5.41) is 109. The number of ether oxygens (including phenoxy) is 7. The van der Waals surface area contributed by atoms with Gasteiger partial charge in [-0.1, -0.05) is 70.4 Å². The quantitative estimate of drug-likeness (QED) is 0.0282. The zero-order chi connectivity index (χ0) is 53.8. The van der Waals surface area contributed by atoms with Crippen LogP contribution in [0.3, 0.4) is 0 Å². The minimum absolute atomic E-state index is 0.0609. The molecule has 422 valence electrons. The molecule has 4 saturated heterocycles. The second kappa shape index (κ2) is 31.9. The van der Waals surface area contributed by atoms with E-state index in [1.54, 1.807) is 6.92 Å². The predicted octanol–water partition coefficient (Wildman–Crippen LogP) is -2.09. The smallest absolute Gasteiger partial charge is 0.220 e. The molecule has 73 heavy (non-hydrogen) atoms. The van der Waals surface area contributed by atoms with Crippen molar-refractivity contribution in [3.05, 3.63) is 12.2 Å². The Bertz CT molecular complexity index is 1690. The van der Waals surface area contributed by atoms with E-state index in [9.17, 15) is 65.1 Å². The molecule has 20 atom stereocenters. The van der Waals surface area contributed by atoms with E-state index in [4.69, 9.17) is 33.2 Å². The first-order valence-corrected chi connectivity index (χ1v) is 26.1. The molecule has 4 fully saturated rings. The number of aliphatic hydroxyl groups excluding tert-OH is 9. The Labute approximate surface area is 427 Å². The summed E-state index contributed by atoms with van der Waals surface area (Å²) >= 11 is 0. The molecule has 0 aliphatic carbocycles. The summed E-state index contributed by atoms with van der Waals surface area (Å²) in [6.45, 7) is 3.99. The van der Waals surface area contributed by atoms with Crippen LogP contribution in [0, 0.1) is 0 Å². The second-order valence-corrected chi connectivity index (χ2v) is 19.6. The average molecular weight is 1050 g/mol. The van der Waals surface area contributed by atoms with E-state index < -0.39 is 172 Å². The Hall–Kier alpha value is -3.02. The van der Waals surface area contributed by atoms with Gasteiger partial charge in [0.05, 0.1) is 38.6 Å². The van der Waals surface area contributed by atoms with Crippen molar-refractivity contribution >= 4 is 23.6 Å². The Morgan fingerprint density at radius 2 is 0.808 bits per heavy atom. The zero-order valence-electron chi connectivity index (χ0n) is 42.9. The minimum atomic E-state index is -1.87. The molecule has 4 amide bonds. The number of amides is 4. The number of allylic oxidation sites excluding steroid dienone is 2. The number of hydrogen-bond acceptors (Lipinski definition) is 20. The maximum atomic E-state index is 13.3. The van der Waals surface area contributed by atoms with Crippen molar-refractivity contribution in [2.75, 3.05) is 26.4 Å². The predicted molar refractivity (Wildman–Crippen MR) is 258 cm³/mol. The molecular weight excluding hydrogens is 965 g/mol. The molecule has 0 saturated carbocycles. The first-order chi connectivity index (χ1) is 34.9. The van der Waals surface area contributed by atoms with E-state index in [2.05, 4.69) is 40.3 Å².